The Balaban J connectivity index is 0.000000175. The minimum absolute atomic E-state index is 0.164. The van der Waals surface area contributed by atoms with Gasteiger partial charge in [0.15, 0.2) is 23.0 Å². The number of para-hydroxylation sites is 4. The Kier molecular flexibility index (Phi) is 9.06. The maximum Gasteiger partial charge on any atom is 0.338 e. The van der Waals surface area contributed by atoms with E-state index in [-0.39, 0.29) is 35.2 Å². The highest BCUT2D eigenvalue weighted by Gasteiger charge is 2.72. The van der Waals surface area contributed by atoms with Crippen LogP contribution in [0, 0.1) is 25.7 Å². The van der Waals surface area contributed by atoms with E-state index in [9.17, 15) is 4.79 Å². The van der Waals surface area contributed by atoms with Crippen LogP contribution in [0.3, 0.4) is 0 Å². The van der Waals surface area contributed by atoms with E-state index in [4.69, 9.17) is 42.6 Å². The summed E-state index contributed by atoms with van der Waals surface area (Å²) >= 11 is 0. The minimum Gasteiger partial charge on any atom is -0.487 e. The van der Waals surface area contributed by atoms with Crippen molar-refractivity contribution in [3.63, 3.8) is 0 Å². The molecule has 1 aliphatic heterocycles. The van der Waals surface area contributed by atoms with Gasteiger partial charge in [-0.1, -0.05) is 96.1 Å². The lowest BCUT2D eigenvalue weighted by Gasteiger charge is -2.60. The molecule has 566 valence electrons. The second-order valence-electron chi connectivity index (χ2n) is 38.6. The molecule has 1 saturated carbocycles. The molecule has 2 N–H and O–H groups in total. The molecular formula is C110H62NO10+. The number of fused-ring (bicyclic) bond motifs is 3. The SMILES string of the molecule is Cc1cc(C)cc(C[NH2+]Cc2ccc(COC(=O)C3=CC4CC56c7c8c9c%10c%11c%12c(c%13c%14c5c5c7c7c%15c8c8c9c9c%11c%11c%16c%12c%12c%13c%13c%14c%14c5c5c7c7c%15c%15c8c8c9c%11c9c%11c%16c%12c%12c%13c%13c%14c5c5c7c7c%15c8c9c8c%11c%12c%13c5c78)C%106CC4C=C3)cc2)c1.c1ccc2c(c1)OCCOCCOCCOc1ccccc1OCCOCCOCCO2. The first-order chi connectivity index (χ1) is 59.9. The highest BCUT2D eigenvalue weighted by Crippen LogP contribution is 2.87. The predicted molar refractivity (Wildman–Crippen MR) is 487 cm³/mol. The average Bonchev–Trinajstić information content (AvgIpc) is 1.38. The van der Waals surface area contributed by atoms with E-state index in [0.29, 0.717) is 102 Å². The van der Waals surface area contributed by atoms with Crippen molar-refractivity contribution in [1.82, 2.24) is 0 Å². The number of allylic oxidation sites excluding steroid dienone is 2. The van der Waals surface area contributed by atoms with Crippen molar-refractivity contribution in [2.45, 2.75) is 57.2 Å². The third-order valence-electron chi connectivity index (χ3n) is 34.3. The number of esters is 1. The second-order valence-corrected chi connectivity index (χ2v) is 38.6. The summed E-state index contributed by atoms with van der Waals surface area (Å²) in [5.41, 5.74) is 13.4. The molecule has 0 amide bonds. The van der Waals surface area contributed by atoms with E-state index in [2.05, 4.69) is 79.9 Å². The van der Waals surface area contributed by atoms with Crippen molar-refractivity contribution < 1.29 is 52.7 Å². The quantitative estimate of drug-likeness (QED) is 0.122. The molecule has 39 rings (SSSR count). The molecule has 0 bridgehead atoms. The third kappa shape index (κ3) is 5.42. The molecule has 32 aromatic carbocycles. The number of carbonyl (C=O) groups is 1. The summed E-state index contributed by atoms with van der Waals surface area (Å²) < 4.78 is 51.8. The Labute approximate surface area is 681 Å². The summed E-state index contributed by atoms with van der Waals surface area (Å²) in [7, 11) is 0. The number of ether oxygens (including phenoxy) is 9. The summed E-state index contributed by atoms with van der Waals surface area (Å²) in [5.74, 6) is 2.97. The summed E-state index contributed by atoms with van der Waals surface area (Å²) in [5, 5.41) is 91.2. The number of benzene rings is 22. The molecule has 11 nitrogen and oxygen atoms in total. The van der Waals surface area contributed by atoms with Crippen LogP contribution in [0.5, 0.6) is 23.0 Å². The number of carbonyl (C=O) groups excluding carboxylic acids is 1. The van der Waals surface area contributed by atoms with Gasteiger partial charge in [0, 0.05) is 22.0 Å². The number of quaternary nitrogens is 1. The van der Waals surface area contributed by atoms with Crippen molar-refractivity contribution >= 4 is 297 Å². The molecule has 1 heterocycles. The standard InChI is InChI=1S/C86H29NO2.C24H32O8/c1-18-9-19(2)11-22(10-18)16-87-15-20-3-5-21(6-4-20)17-89-84(88)23-7-8-24-13-85-80-72-64-54-44-36-28-26-27-30-34-32(28)40-48-42(34)52-46-38(30)39-31(27)35-33-29(26)37(36)45-51-41(33)49-43(35)53-47(39)57-56(46)66-60(52)70-62(48)68(58(64)50(40)44)76(80)78(70)82-74(66)75-67(57)61(53)71-63(49)69-59(51)65(55(45)54)73(72)81(85)77(69)79(71)83(75)86(82,85)14-25(24)12-23;1-2-6-22-21(5-1)29-17-13-25-9-10-27-15-19-31-23-7-3-4-8-24(23)32-20-16-28-12-11-26-14-18-30-22/h3-12,24-25,87H,13-17H2,1-2H3;1-8H,9-20H2/p+1. The molecule has 1 fully saturated rings. The molecule has 0 radical (unpaired) electrons. The first kappa shape index (κ1) is 59.9. The lowest BCUT2D eigenvalue weighted by Crippen LogP contribution is -2.80. The second kappa shape index (κ2) is 18.3. The van der Waals surface area contributed by atoms with Crippen LogP contribution < -0.4 is 24.3 Å². The Morgan fingerprint density at radius 2 is 0.554 bits per heavy atom. The van der Waals surface area contributed by atoms with Gasteiger partial charge in [-0.2, -0.15) is 0 Å². The fourth-order valence-electron chi connectivity index (χ4n) is 31.8. The largest absolute Gasteiger partial charge is 0.487 e. The zero-order valence-electron chi connectivity index (χ0n) is 65.7. The summed E-state index contributed by atoms with van der Waals surface area (Å²) in [6.07, 6.45) is 9.25. The highest BCUT2D eigenvalue weighted by atomic mass is 16.6. The Morgan fingerprint density at radius 3 is 0.843 bits per heavy atom. The van der Waals surface area contributed by atoms with Crippen molar-refractivity contribution in [2.24, 2.45) is 11.8 Å². The molecule has 2 unspecified atom stereocenters. The van der Waals surface area contributed by atoms with Crippen LogP contribution in [0.25, 0.3) is 291 Å². The highest BCUT2D eigenvalue weighted by molar-refractivity contribution is 6.82. The van der Waals surface area contributed by atoms with Gasteiger partial charge in [0.05, 0.1) is 58.4 Å². The molecule has 2 atom stereocenters. The maximum absolute atomic E-state index is 14.9. The number of rotatable bonds is 7. The van der Waals surface area contributed by atoms with Crippen LogP contribution in [0.4, 0.5) is 0 Å². The number of nitrogens with two attached hydrogens (primary N) is 1. The number of hydrogen-bond acceptors (Lipinski definition) is 10. The van der Waals surface area contributed by atoms with Gasteiger partial charge in [0.2, 0.25) is 0 Å². The Morgan fingerprint density at radius 1 is 0.306 bits per heavy atom. The first-order valence-corrected chi connectivity index (χ1v) is 44.2. The summed E-state index contributed by atoms with van der Waals surface area (Å²) in [6.45, 7) is 12.0. The molecule has 7 aliphatic rings. The maximum atomic E-state index is 14.9. The van der Waals surface area contributed by atoms with Gasteiger partial charge in [-0.05, 0) is 381 Å². The van der Waals surface area contributed by atoms with Crippen LogP contribution >= 0.6 is 0 Å². The number of aryl methyl sites for hydroxylation is 2. The zero-order chi connectivity index (χ0) is 76.8. The van der Waals surface area contributed by atoms with Gasteiger partial charge in [0.1, 0.15) is 46.1 Å². The molecule has 121 heavy (non-hydrogen) atoms. The minimum atomic E-state index is -0.339. The topological polar surface area (TPSA) is 117 Å². The van der Waals surface area contributed by atoms with E-state index in [1.807, 2.05) is 48.5 Å². The van der Waals surface area contributed by atoms with Gasteiger partial charge in [-0.15, -0.1) is 0 Å². The van der Waals surface area contributed by atoms with Gasteiger partial charge in [0.25, 0.3) is 0 Å². The van der Waals surface area contributed by atoms with Crippen molar-refractivity contribution in [3.05, 3.63) is 165 Å². The van der Waals surface area contributed by atoms with E-state index >= 15 is 0 Å². The van der Waals surface area contributed by atoms with Crippen LogP contribution in [-0.4, -0.2) is 85.3 Å². The summed E-state index contributed by atoms with van der Waals surface area (Å²) in [4.78, 5) is 14.9. The lowest BCUT2D eigenvalue weighted by atomic mass is 9.41. The van der Waals surface area contributed by atoms with Gasteiger partial charge < -0.3 is 47.9 Å². The molecule has 6 aliphatic carbocycles. The lowest BCUT2D eigenvalue weighted by molar-refractivity contribution is -0.686. The van der Waals surface area contributed by atoms with E-state index in [1.54, 1.807) is 313 Å². The molecule has 0 saturated heterocycles. The smallest absolute Gasteiger partial charge is 0.338 e. The first-order valence-electron chi connectivity index (χ1n) is 44.2. The van der Waals surface area contributed by atoms with Crippen LogP contribution in [-0.2, 0) is 59.0 Å². The average molecular weight is 1560 g/mol. The van der Waals surface area contributed by atoms with E-state index < -0.39 is 0 Å². The molecule has 2 spiro atoms. The molecular weight excluding hydrogens is 1500 g/mol. The third-order valence-corrected chi connectivity index (χ3v) is 34.3. The summed E-state index contributed by atoms with van der Waals surface area (Å²) in [6, 6.07) is 30.7. The Hall–Kier alpha value is -12.7. The van der Waals surface area contributed by atoms with Gasteiger partial charge in [-0.3, -0.25) is 0 Å². The fourth-order valence-corrected chi connectivity index (χ4v) is 31.8. The zero-order valence-corrected chi connectivity index (χ0v) is 65.7. The molecule has 0 aromatic heterocycles. The van der Waals surface area contributed by atoms with E-state index in [1.165, 1.54) is 22.3 Å². The monoisotopic (exact) mass is 1560 g/mol. The normalized spacial score (nSPS) is 21.4. The van der Waals surface area contributed by atoms with Crippen molar-refractivity contribution in [1.29, 1.82) is 0 Å². The van der Waals surface area contributed by atoms with Crippen molar-refractivity contribution in [2.75, 3.05) is 79.3 Å². The Bertz CT molecular complexity index is 9430. The van der Waals surface area contributed by atoms with E-state index in [0.717, 1.165) is 37.1 Å². The van der Waals surface area contributed by atoms with Crippen molar-refractivity contribution in [3.8, 4) is 23.0 Å². The van der Waals surface area contributed by atoms with Gasteiger partial charge >= 0.3 is 5.97 Å². The predicted octanol–water partition coefficient (Wildman–Crippen LogP) is 23.4. The molecule has 32 aromatic rings. The molecule has 11 heteroatoms. The fraction of sp³-hybridized carbons (Fsp3) is 0.209. The van der Waals surface area contributed by atoms with Gasteiger partial charge in [-0.25, -0.2) is 4.79 Å². The van der Waals surface area contributed by atoms with Crippen LogP contribution in [0.2, 0.25) is 0 Å². The van der Waals surface area contributed by atoms with Crippen LogP contribution in [0.15, 0.2) is 115 Å². The van der Waals surface area contributed by atoms with Crippen LogP contribution in [0.1, 0.15) is 62.9 Å². The number of hydrogen-bond donors (Lipinski definition) is 1.